The summed E-state index contributed by atoms with van der Waals surface area (Å²) in [7, 11) is 0. The summed E-state index contributed by atoms with van der Waals surface area (Å²) >= 11 is 0. The Morgan fingerprint density at radius 3 is 2.38 bits per heavy atom. The Kier molecular flexibility index (Phi) is 2.93. The zero-order valence-corrected chi connectivity index (χ0v) is 11.7. The molecule has 21 heavy (non-hydrogen) atoms. The van der Waals surface area contributed by atoms with Crippen LogP contribution in [-0.2, 0) is 6.54 Å². The van der Waals surface area contributed by atoms with Crippen LogP contribution in [-0.4, -0.2) is 9.55 Å². The Labute approximate surface area is 124 Å². The molecule has 0 spiro atoms. The van der Waals surface area contributed by atoms with Crippen molar-refractivity contribution >= 4 is 11.0 Å². The fourth-order valence-electron chi connectivity index (χ4n) is 2.88. The Hall–Kier alpha value is -2.61. The molecule has 2 aromatic carbocycles. The second-order valence-electron chi connectivity index (χ2n) is 5.33. The highest BCUT2D eigenvalue weighted by atomic mass is 15.1. The topological polar surface area (TPSA) is 17.8 Å². The number of allylic oxidation sites excluding steroid dienone is 4. The molecule has 2 heteroatoms. The molecule has 0 radical (unpaired) electrons. The van der Waals surface area contributed by atoms with Crippen molar-refractivity contribution in [1.29, 1.82) is 0 Å². The number of hydrogen-bond acceptors (Lipinski definition) is 1. The highest BCUT2D eigenvalue weighted by molar-refractivity contribution is 5.80. The van der Waals surface area contributed by atoms with Gasteiger partial charge in [0.05, 0.1) is 11.0 Å². The molecule has 0 unspecified atom stereocenters. The molecule has 0 N–H and O–H groups in total. The molecule has 0 amide bonds. The maximum Gasteiger partial charge on any atom is 0.141 e. The molecule has 1 aromatic heterocycles. The fourth-order valence-corrected chi connectivity index (χ4v) is 2.88. The highest BCUT2D eigenvalue weighted by Gasteiger charge is 2.14. The summed E-state index contributed by atoms with van der Waals surface area (Å²) in [5.74, 6) is 1.50. The first-order chi connectivity index (χ1) is 10.4. The van der Waals surface area contributed by atoms with Crippen molar-refractivity contribution in [3.8, 4) is 11.4 Å². The second-order valence-corrected chi connectivity index (χ2v) is 5.33. The van der Waals surface area contributed by atoms with Gasteiger partial charge in [0.15, 0.2) is 0 Å². The van der Waals surface area contributed by atoms with Gasteiger partial charge in [-0.1, -0.05) is 66.8 Å². The lowest BCUT2D eigenvalue weighted by molar-refractivity contribution is 0.640. The number of hydrogen-bond donors (Lipinski definition) is 0. The van der Waals surface area contributed by atoms with Gasteiger partial charge in [-0.15, -0.1) is 0 Å². The van der Waals surface area contributed by atoms with Gasteiger partial charge in [-0.05, 0) is 12.1 Å². The molecule has 0 atom stereocenters. The van der Waals surface area contributed by atoms with Crippen LogP contribution in [0.1, 0.15) is 0 Å². The minimum atomic E-state index is 0.449. The number of rotatable bonds is 3. The van der Waals surface area contributed by atoms with Gasteiger partial charge < -0.3 is 4.57 Å². The predicted molar refractivity (Wildman–Crippen MR) is 86.9 cm³/mol. The molecule has 0 fully saturated rings. The first-order valence-electron chi connectivity index (χ1n) is 7.27. The third kappa shape index (κ3) is 2.19. The Morgan fingerprint density at radius 1 is 0.857 bits per heavy atom. The number of imidazole rings is 1. The van der Waals surface area contributed by atoms with Crippen molar-refractivity contribution in [2.24, 2.45) is 5.92 Å². The summed E-state index contributed by atoms with van der Waals surface area (Å²) < 4.78 is 2.33. The molecule has 1 aliphatic rings. The van der Waals surface area contributed by atoms with Crippen LogP contribution in [0.4, 0.5) is 0 Å². The Bertz CT molecular complexity index is 813. The third-order valence-corrected chi connectivity index (χ3v) is 3.91. The normalized spacial score (nSPS) is 14.3. The molecule has 1 heterocycles. The number of para-hydroxylation sites is 2. The van der Waals surface area contributed by atoms with Crippen LogP contribution in [0.25, 0.3) is 22.4 Å². The maximum absolute atomic E-state index is 4.84. The van der Waals surface area contributed by atoms with Gasteiger partial charge in [-0.2, -0.15) is 0 Å². The van der Waals surface area contributed by atoms with Gasteiger partial charge >= 0.3 is 0 Å². The number of benzene rings is 2. The summed E-state index contributed by atoms with van der Waals surface area (Å²) in [6, 6.07) is 18.8. The van der Waals surface area contributed by atoms with Crippen LogP contribution in [0.5, 0.6) is 0 Å². The Morgan fingerprint density at radius 2 is 1.57 bits per heavy atom. The number of aromatic nitrogens is 2. The first kappa shape index (κ1) is 12.2. The lowest BCUT2D eigenvalue weighted by Crippen LogP contribution is -2.07. The molecule has 3 aromatic rings. The van der Waals surface area contributed by atoms with Crippen LogP contribution >= 0.6 is 0 Å². The molecule has 4 rings (SSSR count). The predicted octanol–water partition coefficient (Wildman–Crippen LogP) is 4.45. The molecule has 0 bridgehead atoms. The van der Waals surface area contributed by atoms with Crippen molar-refractivity contribution in [2.45, 2.75) is 6.54 Å². The zero-order chi connectivity index (χ0) is 14.1. The van der Waals surface area contributed by atoms with Crippen LogP contribution < -0.4 is 0 Å². The van der Waals surface area contributed by atoms with Crippen molar-refractivity contribution in [1.82, 2.24) is 9.55 Å². The average molecular weight is 272 g/mol. The van der Waals surface area contributed by atoms with Gasteiger partial charge in [0, 0.05) is 18.0 Å². The summed E-state index contributed by atoms with van der Waals surface area (Å²) in [6.07, 6.45) is 8.71. The largest absolute Gasteiger partial charge is 0.323 e. The first-order valence-corrected chi connectivity index (χ1v) is 7.27. The highest BCUT2D eigenvalue weighted by Crippen LogP contribution is 2.26. The van der Waals surface area contributed by atoms with Crippen LogP contribution in [0.15, 0.2) is 78.9 Å². The minimum Gasteiger partial charge on any atom is -0.323 e. The SMILES string of the molecule is C1=CC(Cn2c(-c3ccccc3)nc3ccccc32)C=C1. The standard InChI is InChI=1S/C19H16N2/c1-2-10-16(11-3-1)19-20-17-12-6-7-13-18(17)21(19)14-15-8-4-5-9-15/h1-13,15H,14H2. The van der Waals surface area contributed by atoms with E-state index in [1.165, 1.54) is 11.1 Å². The third-order valence-electron chi connectivity index (χ3n) is 3.91. The van der Waals surface area contributed by atoms with E-state index in [9.17, 15) is 0 Å². The number of fused-ring (bicyclic) bond motifs is 1. The second kappa shape index (κ2) is 5.06. The van der Waals surface area contributed by atoms with Crippen LogP contribution in [0.2, 0.25) is 0 Å². The van der Waals surface area contributed by atoms with Crippen LogP contribution in [0, 0.1) is 5.92 Å². The summed E-state index contributed by atoms with van der Waals surface area (Å²) in [4.78, 5) is 4.84. The lowest BCUT2D eigenvalue weighted by atomic mass is 10.1. The summed E-state index contributed by atoms with van der Waals surface area (Å²) in [5.41, 5.74) is 3.42. The van der Waals surface area contributed by atoms with E-state index >= 15 is 0 Å². The number of nitrogens with zero attached hydrogens (tertiary/aromatic N) is 2. The molecular weight excluding hydrogens is 256 g/mol. The summed E-state index contributed by atoms with van der Waals surface area (Å²) in [6.45, 7) is 0.928. The van der Waals surface area contributed by atoms with Gasteiger partial charge in [-0.3, -0.25) is 0 Å². The van der Waals surface area contributed by atoms with E-state index in [1.54, 1.807) is 0 Å². The van der Waals surface area contributed by atoms with E-state index in [0.717, 1.165) is 17.9 Å². The monoisotopic (exact) mass is 272 g/mol. The lowest BCUT2D eigenvalue weighted by Gasteiger charge is -2.12. The van der Waals surface area contributed by atoms with E-state index in [2.05, 4.69) is 71.3 Å². The quantitative estimate of drug-likeness (QED) is 0.689. The molecule has 1 aliphatic carbocycles. The molecular formula is C19H16N2. The minimum absolute atomic E-state index is 0.449. The molecule has 0 saturated heterocycles. The van der Waals surface area contributed by atoms with E-state index in [-0.39, 0.29) is 0 Å². The van der Waals surface area contributed by atoms with Gasteiger partial charge in [0.1, 0.15) is 5.82 Å². The van der Waals surface area contributed by atoms with E-state index < -0.39 is 0 Å². The molecule has 0 saturated carbocycles. The molecule has 2 nitrogen and oxygen atoms in total. The zero-order valence-electron chi connectivity index (χ0n) is 11.7. The fraction of sp³-hybridized carbons (Fsp3) is 0.105. The van der Waals surface area contributed by atoms with E-state index in [4.69, 9.17) is 4.98 Å². The van der Waals surface area contributed by atoms with E-state index in [1.807, 2.05) is 12.1 Å². The van der Waals surface area contributed by atoms with Gasteiger partial charge in [0.25, 0.3) is 0 Å². The van der Waals surface area contributed by atoms with Gasteiger partial charge in [0.2, 0.25) is 0 Å². The van der Waals surface area contributed by atoms with Crippen molar-refractivity contribution in [3.63, 3.8) is 0 Å². The van der Waals surface area contributed by atoms with Crippen molar-refractivity contribution < 1.29 is 0 Å². The van der Waals surface area contributed by atoms with E-state index in [0.29, 0.717) is 5.92 Å². The van der Waals surface area contributed by atoms with Crippen LogP contribution in [0.3, 0.4) is 0 Å². The van der Waals surface area contributed by atoms with Gasteiger partial charge in [-0.25, -0.2) is 4.98 Å². The molecule has 0 aliphatic heterocycles. The maximum atomic E-state index is 4.84. The smallest absolute Gasteiger partial charge is 0.141 e. The summed E-state index contributed by atoms with van der Waals surface area (Å²) in [5, 5.41) is 0. The average Bonchev–Trinajstić information content (AvgIpc) is 3.17. The Balaban J connectivity index is 1.88. The molecule has 102 valence electrons. The van der Waals surface area contributed by atoms with Crippen molar-refractivity contribution in [2.75, 3.05) is 0 Å². The van der Waals surface area contributed by atoms with Crippen molar-refractivity contribution in [3.05, 3.63) is 78.9 Å².